The van der Waals surface area contributed by atoms with Crippen LogP contribution in [-0.4, -0.2) is 88.8 Å². The van der Waals surface area contributed by atoms with Gasteiger partial charge in [0, 0.05) is 6.61 Å². The molecule has 8 heteroatoms. The molecular weight excluding hydrogens is 308 g/mol. The summed E-state index contributed by atoms with van der Waals surface area (Å²) in [7, 11) is 0. The van der Waals surface area contributed by atoms with Crippen LogP contribution >= 0.6 is 0 Å². The predicted octanol–water partition coefficient (Wildman–Crippen LogP) is -1.24. The molecule has 0 aromatic rings. The van der Waals surface area contributed by atoms with Crippen LogP contribution in [-0.2, 0) is 14.2 Å². The van der Waals surface area contributed by atoms with Crippen LogP contribution in [0, 0.1) is 0 Å². The van der Waals surface area contributed by atoms with Crippen molar-refractivity contribution in [1.82, 2.24) is 0 Å². The van der Waals surface area contributed by atoms with Gasteiger partial charge >= 0.3 is 0 Å². The van der Waals surface area contributed by atoms with Gasteiger partial charge in [-0.1, -0.05) is 26.2 Å². The number of rotatable bonds is 11. The Morgan fingerprint density at radius 3 is 2.39 bits per heavy atom. The summed E-state index contributed by atoms with van der Waals surface area (Å²) in [5.41, 5.74) is 0. The lowest BCUT2D eigenvalue weighted by Gasteiger charge is -2.39. The van der Waals surface area contributed by atoms with Crippen molar-refractivity contribution >= 4 is 0 Å². The largest absolute Gasteiger partial charge is 0.394 e. The van der Waals surface area contributed by atoms with E-state index in [1.165, 1.54) is 0 Å². The monoisotopic (exact) mass is 338 g/mol. The molecule has 0 spiro atoms. The van der Waals surface area contributed by atoms with Gasteiger partial charge in [0.05, 0.1) is 19.8 Å². The molecule has 0 bridgehead atoms. The summed E-state index contributed by atoms with van der Waals surface area (Å²) in [5.74, 6) is 0. The Balaban J connectivity index is 2.22. The smallest absolute Gasteiger partial charge is 0.186 e. The molecule has 0 aliphatic carbocycles. The molecule has 0 aromatic heterocycles. The van der Waals surface area contributed by atoms with Gasteiger partial charge in [0.2, 0.25) is 0 Å². The highest BCUT2D eigenvalue weighted by Gasteiger charge is 2.44. The summed E-state index contributed by atoms with van der Waals surface area (Å²) in [6.07, 6.45) is -3.19. The van der Waals surface area contributed by atoms with Gasteiger partial charge in [-0.25, -0.2) is 0 Å². The zero-order valence-electron chi connectivity index (χ0n) is 13.6. The van der Waals surface area contributed by atoms with Crippen LogP contribution in [0.15, 0.2) is 0 Å². The zero-order valence-corrected chi connectivity index (χ0v) is 13.6. The molecule has 138 valence electrons. The van der Waals surface area contributed by atoms with Crippen molar-refractivity contribution in [3.63, 3.8) is 0 Å². The van der Waals surface area contributed by atoms with E-state index in [1.54, 1.807) is 0 Å². The van der Waals surface area contributed by atoms with Crippen molar-refractivity contribution in [3.05, 3.63) is 0 Å². The molecule has 1 rings (SSSR count). The van der Waals surface area contributed by atoms with Crippen molar-refractivity contribution in [2.75, 3.05) is 26.4 Å². The summed E-state index contributed by atoms with van der Waals surface area (Å²) < 4.78 is 15.7. The van der Waals surface area contributed by atoms with E-state index in [4.69, 9.17) is 19.3 Å². The van der Waals surface area contributed by atoms with E-state index in [1.807, 2.05) is 0 Å². The van der Waals surface area contributed by atoms with Gasteiger partial charge in [-0.15, -0.1) is 0 Å². The molecule has 1 aliphatic rings. The Bertz CT molecular complexity index is 301. The lowest BCUT2D eigenvalue weighted by molar-refractivity contribution is -0.305. The summed E-state index contributed by atoms with van der Waals surface area (Å²) in [5, 5.41) is 47.9. The average molecular weight is 338 g/mol. The summed E-state index contributed by atoms with van der Waals surface area (Å²) in [6, 6.07) is 0. The van der Waals surface area contributed by atoms with Crippen LogP contribution in [0.1, 0.15) is 32.6 Å². The lowest BCUT2D eigenvalue weighted by Crippen LogP contribution is -2.59. The first-order valence-corrected chi connectivity index (χ1v) is 8.19. The maximum atomic E-state index is 9.78. The third kappa shape index (κ3) is 6.98. The lowest BCUT2D eigenvalue weighted by atomic mass is 9.99. The molecule has 8 nitrogen and oxygen atoms in total. The summed E-state index contributed by atoms with van der Waals surface area (Å²) in [6.45, 7) is 2.12. The van der Waals surface area contributed by atoms with E-state index in [-0.39, 0.29) is 13.2 Å². The fourth-order valence-electron chi connectivity index (χ4n) is 2.31. The number of ether oxygens (including phenoxy) is 3. The minimum atomic E-state index is -1.49. The van der Waals surface area contributed by atoms with Crippen LogP contribution in [0.25, 0.3) is 0 Å². The molecule has 1 fully saturated rings. The minimum absolute atomic E-state index is 0.101. The van der Waals surface area contributed by atoms with Gasteiger partial charge in [0.25, 0.3) is 0 Å². The fraction of sp³-hybridized carbons (Fsp3) is 1.00. The van der Waals surface area contributed by atoms with Crippen molar-refractivity contribution in [2.45, 2.75) is 69.4 Å². The second-order valence-electron chi connectivity index (χ2n) is 5.82. The Morgan fingerprint density at radius 2 is 1.74 bits per heavy atom. The number of hydrogen-bond acceptors (Lipinski definition) is 8. The molecule has 1 heterocycles. The third-order valence-electron chi connectivity index (χ3n) is 3.75. The molecule has 0 saturated carbocycles. The maximum absolute atomic E-state index is 9.78. The summed E-state index contributed by atoms with van der Waals surface area (Å²) in [4.78, 5) is 0. The molecule has 0 amide bonds. The average Bonchev–Trinajstić information content (AvgIpc) is 2.55. The molecule has 1 aliphatic heterocycles. The van der Waals surface area contributed by atoms with E-state index in [2.05, 4.69) is 6.92 Å². The van der Waals surface area contributed by atoms with Crippen molar-refractivity contribution in [2.24, 2.45) is 0 Å². The first kappa shape index (κ1) is 20.7. The Morgan fingerprint density at radius 1 is 1.00 bits per heavy atom. The molecule has 6 atom stereocenters. The van der Waals surface area contributed by atoms with Gasteiger partial charge in [-0.2, -0.15) is 0 Å². The van der Waals surface area contributed by atoms with Crippen LogP contribution in [0.5, 0.6) is 0 Å². The van der Waals surface area contributed by atoms with Gasteiger partial charge < -0.3 is 39.7 Å². The highest BCUT2D eigenvalue weighted by Crippen LogP contribution is 2.22. The van der Waals surface area contributed by atoms with E-state index in [0.29, 0.717) is 6.61 Å². The normalized spacial score (nSPS) is 32.9. The van der Waals surface area contributed by atoms with E-state index in [9.17, 15) is 20.4 Å². The van der Waals surface area contributed by atoms with Gasteiger partial charge in [0.1, 0.15) is 30.5 Å². The van der Waals surface area contributed by atoms with Crippen molar-refractivity contribution in [1.29, 1.82) is 0 Å². The second-order valence-corrected chi connectivity index (χ2v) is 5.82. The number of aliphatic hydroxyl groups excluding tert-OH is 5. The fourth-order valence-corrected chi connectivity index (χ4v) is 2.31. The van der Waals surface area contributed by atoms with Crippen LogP contribution < -0.4 is 0 Å². The van der Waals surface area contributed by atoms with E-state index in [0.717, 1.165) is 25.7 Å². The quantitative estimate of drug-likeness (QED) is 0.296. The second kappa shape index (κ2) is 11.3. The molecular formula is C15H30O8. The van der Waals surface area contributed by atoms with E-state index >= 15 is 0 Å². The minimum Gasteiger partial charge on any atom is -0.394 e. The topological polar surface area (TPSA) is 129 Å². The van der Waals surface area contributed by atoms with Crippen molar-refractivity contribution < 1.29 is 39.7 Å². The van der Waals surface area contributed by atoms with Gasteiger partial charge in [-0.05, 0) is 6.42 Å². The molecule has 0 radical (unpaired) electrons. The highest BCUT2D eigenvalue weighted by atomic mass is 16.7. The van der Waals surface area contributed by atoms with Crippen LogP contribution in [0.2, 0.25) is 0 Å². The molecule has 1 saturated heterocycles. The number of aliphatic hydroxyl groups is 5. The number of hydrogen-bond donors (Lipinski definition) is 5. The van der Waals surface area contributed by atoms with Crippen molar-refractivity contribution in [3.8, 4) is 0 Å². The molecule has 0 aromatic carbocycles. The van der Waals surface area contributed by atoms with Gasteiger partial charge in [0.15, 0.2) is 6.29 Å². The standard InChI is InChI=1S/C15H30O8/c1-2-3-4-5-6-21-8-10(17)9-22-15-14(20)13(19)12(18)11(7-16)23-15/h10-20H,2-9H2,1H3/t10?,11-,12+,13+,14-,15+/m1/s1. The van der Waals surface area contributed by atoms with Gasteiger partial charge in [-0.3, -0.25) is 0 Å². The molecule has 1 unspecified atom stereocenters. The van der Waals surface area contributed by atoms with E-state index < -0.39 is 43.4 Å². The first-order valence-electron chi connectivity index (χ1n) is 8.19. The van der Waals surface area contributed by atoms with Crippen LogP contribution in [0.3, 0.4) is 0 Å². The zero-order chi connectivity index (χ0) is 17.2. The van der Waals surface area contributed by atoms with Crippen LogP contribution in [0.4, 0.5) is 0 Å². The summed E-state index contributed by atoms with van der Waals surface area (Å²) >= 11 is 0. The maximum Gasteiger partial charge on any atom is 0.186 e. The highest BCUT2D eigenvalue weighted by molar-refractivity contribution is 4.88. The first-order chi connectivity index (χ1) is 11.0. The number of unbranched alkanes of at least 4 members (excludes halogenated alkanes) is 3. The predicted molar refractivity (Wildman–Crippen MR) is 80.7 cm³/mol. The SMILES string of the molecule is CCCCCCOCC(O)CO[C@H]1O[C@H](CO)[C@H](O)[C@H](O)[C@H]1O. The third-order valence-corrected chi connectivity index (χ3v) is 3.75. The Hall–Kier alpha value is -0.320. The Labute approximate surface area is 136 Å². The Kier molecular flexibility index (Phi) is 10.2. The molecule has 5 N–H and O–H groups in total. The molecule has 23 heavy (non-hydrogen) atoms.